The van der Waals surface area contributed by atoms with Gasteiger partial charge in [-0.1, -0.05) is 12.1 Å². The molecule has 0 aliphatic carbocycles. The van der Waals surface area contributed by atoms with E-state index in [-0.39, 0.29) is 13.2 Å². The summed E-state index contributed by atoms with van der Waals surface area (Å²) in [6.07, 6.45) is 0.539. The normalized spacial score (nSPS) is 9.33. The van der Waals surface area contributed by atoms with Crippen molar-refractivity contribution in [2.24, 2.45) is 0 Å². The Morgan fingerprint density at radius 1 is 1.22 bits per heavy atom. The lowest BCUT2D eigenvalue weighted by atomic mass is 10.1. The topological polar surface area (TPSA) is 102 Å². The van der Waals surface area contributed by atoms with E-state index in [2.05, 4.69) is 10.6 Å². The van der Waals surface area contributed by atoms with Crippen molar-refractivity contribution in [3.63, 3.8) is 0 Å². The predicted molar refractivity (Wildman–Crippen MR) is 64.5 cm³/mol. The van der Waals surface area contributed by atoms with Crippen molar-refractivity contribution in [3.8, 4) is 6.07 Å². The first-order valence-corrected chi connectivity index (χ1v) is 5.33. The van der Waals surface area contributed by atoms with Gasteiger partial charge in [0.1, 0.15) is 6.54 Å². The minimum atomic E-state index is -0.851. The summed E-state index contributed by atoms with van der Waals surface area (Å²) >= 11 is 0. The van der Waals surface area contributed by atoms with Gasteiger partial charge in [-0.2, -0.15) is 5.26 Å². The quantitative estimate of drug-likeness (QED) is 0.506. The number of nitrogens with one attached hydrogen (secondary N) is 2. The highest BCUT2D eigenvalue weighted by Gasteiger charge is 2.12. The SMILES string of the molecule is N#CCNC(=O)C(=O)Nc1ccc(CCO)cc1. The minimum absolute atomic E-state index is 0.0578. The van der Waals surface area contributed by atoms with Crippen LogP contribution in [-0.4, -0.2) is 30.1 Å². The van der Waals surface area contributed by atoms with Gasteiger partial charge >= 0.3 is 11.8 Å². The molecule has 2 amide bonds. The highest BCUT2D eigenvalue weighted by molar-refractivity contribution is 6.39. The lowest BCUT2D eigenvalue weighted by molar-refractivity contribution is -0.136. The fraction of sp³-hybridized carbons (Fsp3) is 0.250. The summed E-state index contributed by atoms with van der Waals surface area (Å²) < 4.78 is 0. The number of benzene rings is 1. The van der Waals surface area contributed by atoms with Crippen molar-refractivity contribution >= 4 is 17.5 Å². The molecule has 6 nitrogen and oxygen atoms in total. The molecule has 0 fully saturated rings. The largest absolute Gasteiger partial charge is 0.396 e. The summed E-state index contributed by atoms with van der Waals surface area (Å²) in [6.45, 7) is -0.149. The molecule has 0 aliphatic heterocycles. The highest BCUT2D eigenvalue weighted by atomic mass is 16.3. The van der Waals surface area contributed by atoms with Crippen LogP contribution in [0.3, 0.4) is 0 Å². The number of nitriles is 1. The monoisotopic (exact) mass is 247 g/mol. The van der Waals surface area contributed by atoms with Gasteiger partial charge in [-0.3, -0.25) is 9.59 Å². The Bertz CT molecular complexity index is 462. The summed E-state index contributed by atoms with van der Waals surface area (Å²) in [5, 5.41) is 21.5. The average molecular weight is 247 g/mol. The number of carbonyl (C=O) groups is 2. The molecule has 3 N–H and O–H groups in total. The van der Waals surface area contributed by atoms with Crippen LogP contribution >= 0.6 is 0 Å². The Kier molecular flexibility index (Phi) is 5.35. The van der Waals surface area contributed by atoms with Crippen molar-refractivity contribution in [1.29, 1.82) is 5.26 Å². The third-order valence-electron chi connectivity index (χ3n) is 2.15. The van der Waals surface area contributed by atoms with Crippen molar-refractivity contribution in [2.75, 3.05) is 18.5 Å². The Balaban J connectivity index is 2.54. The first kappa shape index (κ1) is 13.7. The first-order chi connectivity index (χ1) is 8.67. The van der Waals surface area contributed by atoms with Gasteiger partial charge in [0.05, 0.1) is 6.07 Å². The average Bonchev–Trinajstić information content (AvgIpc) is 2.38. The molecule has 94 valence electrons. The van der Waals surface area contributed by atoms with Crippen LogP contribution in [0.15, 0.2) is 24.3 Å². The van der Waals surface area contributed by atoms with E-state index in [4.69, 9.17) is 10.4 Å². The molecular formula is C12H13N3O3. The van der Waals surface area contributed by atoms with E-state index in [9.17, 15) is 9.59 Å². The van der Waals surface area contributed by atoms with Crippen LogP contribution < -0.4 is 10.6 Å². The standard InChI is InChI=1S/C12H13N3O3/c13-6-7-14-11(17)12(18)15-10-3-1-9(2-4-10)5-8-16/h1-4,16H,5,7-8H2,(H,14,17)(H,15,18). The number of hydrogen-bond donors (Lipinski definition) is 3. The van der Waals surface area contributed by atoms with E-state index < -0.39 is 11.8 Å². The fourth-order valence-corrected chi connectivity index (χ4v) is 1.27. The molecule has 0 aromatic heterocycles. The van der Waals surface area contributed by atoms with Gasteiger partial charge in [-0.15, -0.1) is 0 Å². The van der Waals surface area contributed by atoms with Crippen LogP contribution in [0.25, 0.3) is 0 Å². The molecule has 0 radical (unpaired) electrons. The summed E-state index contributed by atoms with van der Waals surface area (Å²) in [4.78, 5) is 22.5. The maximum atomic E-state index is 11.4. The molecule has 1 aromatic carbocycles. The van der Waals surface area contributed by atoms with Crippen LogP contribution in [-0.2, 0) is 16.0 Å². The zero-order valence-electron chi connectivity index (χ0n) is 9.64. The molecule has 0 bridgehead atoms. The Morgan fingerprint density at radius 2 is 1.89 bits per heavy atom. The second-order valence-corrected chi connectivity index (χ2v) is 3.47. The first-order valence-electron chi connectivity index (χ1n) is 5.33. The van der Waals surface area contributed by atoms with Crippen LogP contribution in [0.1, 0.15) is 5.56 Å². The van der Waals surface area contributed by atoms with Crippen molar-refractivity contribution in [2.45, 2.75) is 6.42 Å². The molecular weight excluding hydrogens is 234 g/mol. The van der Waals surface area contributed by atoms with E-state index in [0.29, 0.717) is 12.1 Å². The van der Waals surface area contributed by atoms with Crippen LogP contribution in [0.2, 0.25) is 0 Å². The molecule has 0 saturated carbocycles. The second kappa shape index (κ2) is 7.04. The number of nitrogens with zero attached hydrogens (tertiary/aromatic N) is 1. The number of anilines is 1. The van der Waals surface area contributed by atoms with Gasteiger partial charge in [0.15, 0.2) is 0 Å². The summed E-state index contributed by atoms with van der Waals surface area (Å²) in [5.41, 5.74) is 1.42. The van der Waals surface area contributed by atoms with Gasteiger partial charge in [-0.05, 0) is 24.1 Å². The number of amides is 2. The van der Waals surface area contributed by atoms with Crippen molar-refractivity contribution in [1.82, 2.24) is 5.32 Å². The third-order valence-corrected chi connectivity index (χ3v) is 2.15. The van der Waals surface area contributed by atoms with Gasteiger partial charge in [0.2, 0.25) is 0 Å². The van der Waals surface area contributed by atoms with E-state index in [1.165, 1.54) is 0 Å². The van der Waals surface area contributed by atoms with E-state index in [1.807, 2.05) is 0 Å². The van der Waals surface area contributed by atoms with Crippen LogP contribution in [0.5, 0.6) is 0 Å². The summed E-state index contributed by atoms with van der Waals surface area (Å²) in [5.74, 6) is -1.67. The Labute approximate surface area is 104 Å². The van der Waals surface area contributed by atoms with Gasteiger partial charge < -0.3 is 15.7 Å². The Hall–Kier alpha value is -2.39. The molecule has 1 aromatic rings. The van der Waals surface area contributed by atoms with Crippen LogP contribution in [0.4, 0.5) is 5.69 Å². The van der Waals surface area contributed by atoms with Crippen molar-refractivity contribution in [3.05, 3.63) is 29.8 Å². The molecule has 0 aliphatic rings. The van der Waals surface area contributed by atoms with E-state index in [1.54, 1.807) is 30.3 Å². The number of hydrogen-bond acceptors (Lipinski definition) is 4. The fourth-order valence-electron chi connectivity index (χ4n) is 1.27. The second-order valence-electron chi connectivity index (χ2n) is 3.47. The number of aliphatic hydroxyl groups is 1. The molecule has 0 saturated heterocycles. The molecule has 0 unspecified atom stereocenters. The molecule has 0 heterocycles. The molecule has 0 spiro atoms. The zero-order valence-corrected chi connectivity index (χ0v) is 9.64. The maximum Gasteiger partial charge on any atom is 0.313 e. The molecule has 18 heavy (non-hydrogen) atoms. The zero-order chi connectivity index (χ0) is 13.4. The predicted octanol–water partition coefficient (Wildman–Crippen LogP) is -0.200. The summed E-state index contributed by atoms with van der Waals surface area (Å²) in [6, 6.07) is 8.48. The number of carbonyl (C=O) groups excluding carboxylic acids is 2. The number of aliphatic hydroxyl groups excluding tert-OH is 1. The van der Waals surface area contributed by atoms with E-state index >= 15 is 0 Å². The van der Waals surface area contributed by atoms with Gasteiger partial charge in [-0.25, -0.2) is 0 Å². The smallest absolute Gasteiger partial charge is 0.313 e. The Morgan fingerprint density at radius 3 is 2.44 bits per heavy atom. The van der Waals surface area contributed by atoms with Gasteiger partial charge in [0.25, 0.3) is 0 Å². The lowest BCUT2D eigenvalue weighted by Crippen LogP contribution is -2.35. The third kappa shape index (κ3) is 4.23. The molecule has 1 rings (SSSR count). The molecule has 6 heteroatoms. The highest BCUT2D eigenvalue weighted by Crippen LogP contribution is 2.09. The van der Waals surface area contributed by atoms with E-state index in [0.717, 1.165) is 5.56 Å². The molecule has 0 atom stereocenters. The minimum Gasteiger partial charge on any atom is -0.396 e. The maximum absolute atomic E-state index is 11.4. The summed E-state index contributed by atoms with van der Waals surface area (Å²) in [7, 11) is 0. The van der Waals surface area contributed by atoms with Crippen molar-refractivity contribution < 1.29 is 14.7 Å². The number of rotatable bonds is 4. The lowest BCUT2D eigenvalue weighted by Gasteiger charge is -2.05. The van der Waals surface area contributed by atoms with Gasteiger partial charge in [0, 0.05) is 12.3 Å². The van der Waals surface area contributed by atoms with Crippen LogP contribution in [0, 0.1) is 11.3 Å².